The molecule has 0 atom stereocenters. The third kappa shape index (κ3) is 2.66. The van der Waals surface area contributed by atoms with Crippen LogP contribution < -0.4 is 5.32 Å². The average molecular weight is 275 g/mol. The summed E-state index contributed by atoms with van der Waals surface area (Å²) < 4.78 is 0. The number of aromatic nitrogens is 2. The summed E-state index contributed by atoms with van der Waals surface area (Å²) in [6, 6.07) is 0. The number of hydrogen-bond acceptors (Lipinski definition) is 5. The first-order chi connectivity index (χ1) is 9.15. The highest BCUT2D eigenvalue weighted by molar-refractivity contribution is 7.20. The number of carboxylic acid groups (broad SMARTS) is 1. The van der Waals surface area contributed by atoms with E-state index in [2.05, 4.69) is 21.2 Å². The molecule has 0 unspecified atom stereocenters. The minimum absolute atomic E-state index is 0.308. The van der Waals surface area contributed by atoms with Crippen molar-refractivity contribution in [3.8, 4) is 12.3 Å². The molecule has 0 radical (unpaired) electrons. The highest BCUT2D eigenvalue weighted by atomic mass is 32.1. The quantitative estimate of drug-likeness (QED) is 0.648. The van der Waals surface area contributed by atoms with Crippen LogP contribution in [0.25, 0.3) is 10.2 Å². The molecule has 0 spiro atoms. The van der Waals surface area contributed by atoms with Crippen LogP contribution in [0.1, 0.15) is 28.1 Å². The Bertz CT molecular complexity index is 658. The first-order valence-corrected chi connectivity index (χ1v) is 6.61. The molecule has 2 heterocycles. The summed E-state index contributed by atoms with van der Waals surface area (Å²) in [5, 5.41) is 13.1. The Morgan fingerprint density at radius 1 is 1.58 bits per heavy atom. The zero-order valence-electron chi connectivity index (χ0n) is 10.4. The minimum atomic E-state index is -0.932. The van der Waals surface area contributed by atoms with E-state index < -0.39 is 5.97 Å². The summed E-state index contributed by atoms with van der Waals surface area (Å²) in [5.41, 5.74) is 0.701. The fourth-order valence-corrected chi connectivity index (χ4v) is 2.79. The van der Waals surface area contributed by atoms with Gasteiger partial charge in [0.25, 0.3) is 0 Å². The Kier molecular flexibility index (Phi) is 3.97. The van der Waals surface area contributed by atoms with Gasteiger partial charge in [-0.05, 0) is 18.9 Å². The standard InChI is InChI=1S/C13H13N3O2S/c1-3-4-5-6-14-11-9-8(2)10(13(17)18)19-12(9)16-7-15-11/h1,7H,4-6H2,2H3,(H,17,18)(H,14,15,16). The van der Waals surface area contributed by atoms with Gasteiger partial charge in [-0.15, -0.1) is 23.7 Å². The molecule has 0 bridgehead atoms. The first-order valence-electron chi connectivity index (χ1n) is 5.80. The maximum atomic E-state index is 11.1. The molecule has 6 heteroatoms. The topological polar surface area (TPSA) is 75.1 Å². The molecule has 2 aromatic heterocycles. The van der Waals surface area contributed by atoms with Crippen molar-refractivity contribution in [2.75, 3.05) is 11.9 Å². The van der Waals surface area contributed by atoms with Crippen molar-refractivity contribution in [3.05, 3.63) is 16.8 Å². The van der Waals surface area contributed by atoms with Gasteiger partial charge < -0.3 is 10.4 Å². The van der Waals surface area contributed by atoms with E-state index >= 15 is 0 Å². The third-order valence-electron chi connectivity index (χ3n) is 2.71. The fraction of sp³-hybridized carbons (Fsp3) is 0.308. The molecule has 98 valence electrons. The second-order valence-corrected chi connectivity index (χ2v) is 5.00. The van der Waals surface area contributed by atoms with Crippen LogP contribution in [0.4, 0.5) is 5.82 Å². The number of nitrogens with zero attached hydrogens (tertiary/aromatic N) is 2. The molecule has 0 aliphatic carbocycles. The van der Waals surface area contributed by atoms with Gasteiger partial charge in [-0.25, -0.2) is 14.8 Å². The summed E-state index contributed by atoms with van der Waals surface area (Å²) in [6.07, 6.45) is 8.17. The SMILES string of the molecule is C#CCCCNc1ncnc2sc(C(=O)O)c(C)c12. The van der Waals surface area contributed by atoms with Crippen molar-refractivity contribution >= 4 is 33.3 Å². The van der Waals surface area contributed by atoms with Crippen LogP contribution in [0, 0.1) is 19.3 Å². The van der Waals surface area contributed by atoms with Crippen molar-refractivity contribution in [1.29, 1.82) is 0 Å². The molecule has 0 fully saturated rings. The van der Waals surface area contributed by atoms with Gasteiger partial charge in [-0.2, -0.15) is 0 Å². The number of aromatic carboxylic acids is 1. The van der Waals surface area contributed by atoms with Crippen LogP contribution in [-0.2, 0) is 0 Å². The van der Waals surface area contributed by atoms with Crippen LogP contribution in [0.2, 0.25) is 0 Å². The Labute approximate surface area is 114 Å². The predicted molar refractivity (Wildman–Crippen MR) is 75.7 cm³/mol. The maximum absolute atomic E-state index is 11.1. The molecule has 0 saturated heterocycles. The zero-order valence-corrected chi connectivity index (χ0v) is 11.3. The van der Waals surface area contributed by atoms with E-state index in [4.69, 9.17) is 11.5 Å². The molecule has 0 amide bonds. The Hall–Kier alpha value is -2.13. The van der Waals surface area contributed by atoms with Crippen LogP contribution >= 0.6 is 11.3 Å². The summed E-state index contributed by atoms with van der Waals surface area (Å²) >= 11 is 1.17. The van der Waals surface area contributed by atoms with Gasteiger partial charge in [0.2, 0.25) is 0 Å². The Morgan fingerprint density at radius 3 is 3.05 bits per heavy atom. The van der Waals surface area contributed by atoms with E-state index in [0.717, 1.165) is 11.8 Å². The average Bonchev–Trinajstić information content (AvgIpc) is 2.73. The molecule has 2 rings (SSSR count). The van der Waals surface area contributed by atoms with Gasteiger partial charge in [0.15, 0.2) is 0 Å². The number of unbranched alkanes of at least 4 members (excludes halogenated alkanes) is 1. The lowest BCUT2D eigenvalue weighted by molar-refractivity contribution is 0.0701. The van der Waals surface area contributed by atoms with Crippen molar-refractivity contribution < 1.29 is 9.90 Å². The second kappa shape index (κ2) is 5.67. The van der Waals surface area contributed by atoms with Crippen molar-refractivity contribution in [1.82, 2.24) is 9.97 Å². The molecular weight excluding hydrogens is 262 g/mol. The number of carboxylic acids is 1. The highest BCUT2D eigenvalue weighted by Crippen LogP contribution is 2.33. The molecule has 0 saturated carbocycles. The van der Waals surface area contributed by atoms with E-state index in [0.29, 0.717) is 34.1 Å². The maximum Gasteiger partial charge on any atom is 0.346 e. The van der Waals surface area contributed by atoms with Crippen LogP contribution in [0.5, 0.6) is 0 Å². The molecule has 0 aromatic carbocycles. The molecule has 0 aliphatic rings. The highest BCUT2D eigenvalue weighted by Gasteiger charge is 2.18. The van der Waals surface area contributed by atoms with Gasteiger partial charge in [0, 0.05) is 13.0 Å². The van der Waals surface area contributed by atoms with Gasteiger partial charge >= 0.3 is 5.97 Å². The van der Waals surface area contributed by atoms with Crippen molar-refractivity contribution in [2.24, 2.45) is 0 Å². The number of thiophene rings is 1. The summed E-state index contributed by atoms with van der Waals surface area (Å²) in [5.74, 6) is 2.31. The Balaban J connectivity index is 2.34. The first kappa shape index (κ1) is 13.3. The number of terminal acetylenes is 1. The zero-order chi connectivity index (χ0) is 13.8. The molecule has 2 aromatic rings. The van der Waals surface area contributed by atoms with Crippen LogP contribution in [0.15, 0.2) is 6.33 Å². The number of carbonyl (C=O) groups is 1. The lowest BCUT2D eigenvalue weighted by Crippen LogP contribution is -2.04. The van der Waals surface area contributed by atoms with E-state index in [1.54, 1.807) is 6.92 Å². The second-order valence-electron chi connectivity index (χ2n) is 4.00. The summed E-state index contributed by atoms with van der Waals surface area (Å²) in [7, 11) is 0. The smallest absolute Gasteiger partial charge is 0.346 e. The lowest BCUT2D eigenvalue weighted by Gasteiger charge is -2.05. The van der Waals surface area contributed by atoms with E-state index in [-0.39, 0.29) is 0 Å². The van der Waals surface area contributed by atoms with Gasteiger partial charge in [0.05, 0.1) is 5.39 Å². The largest absolute Gasteiger partial charge is 0.477 e. The van der Waals surface area contributed by atoms with Gasteiger partial charge in [-0.1, -0.05) is 0 Å². The van der Waals surface area contributed by atoms with E-state index in [1.165, 1.54) is 17.7 Å². The molecule has 0 aliphatic heterocycles. The summed E-state index contributed by atoms with van der Waals surface area (Å²) in [4.78, 5) is 20.4. The van der Waals surface area contributed by atoms with E-state index in [9.17, 15) is 4.79 Å². The predicted octanol–water partition coefficient (Wildman–Crippen LogP) is 2.52. The minimum Gasteiger partial charge on any atom is -0.477 e. The number of aryl methyl sites for hydroxylation is 1. The van der Waals surface area contributed by atoms with E-state index in [1.807, 2.05) is 0 Å². The number of anilines is 1. The normalized spacial score (nSPS) is 10.3. The van der Waals surface area contributed by atoms with Crippen LogP contribution in [-0.4, -0.2) is 27.6 Å². The Morgan fingerprint density at radius 2 is 2.37 bits per heavy atom. The number of fused-ring (bicyclic) bond motifs is 1. The molecule has 5 nitrogen and oxygen atoms in total. The number of nitrogens with one attached hydrogen (secondary N) is 1. The monoisotopic (exact) mass is 275 g/mol. The van der Waals surface area contributed by atoms with Gasteiger partial charge in [-0.3, -0.25) is 0 Å². The lowest BCUT2D eigenvalue weighted by atomic mass is 10.2. The molecular formula is C13H13N3O2S. The van der Waals surface area contributed by atoms with Crippen LogP contribution in [0.3, 0.4) is 0 Å². The van der Waals surface area contributed by atoms with Gasteiger partial charge in [0.1, 0.15) is 21.9 Å². The summed E-state index contributed by atoms with van der Waals surface area (Å²) in [6.45, 7) is 2.48. The fourth-order valence-electron chi connectivity index (χ4n) is 1.81. The van der Waals surface area contributed by atoms with Crippen molar-refractivity contribution in [3.63, 3.8) is 0 Å². The van der Waals surface area contributed by atoms with Crippen molar-refractivity contribution in [2.45, 2.75) is 19.8 Å². The third-order valence-corrected chi connectivity index (χ3v) is 3.90. The molecule has 2 N–H and O–H groups in total. The molecule has 19 heavy (non-hydrogen) atoms. The number of rotatable bonds is 5. The number of hydrogen-bond donors (Lipinski definition) is 2.